The Balaban J connectivity index is 1.90. The van der Waals surface area contributed by atoms with Gasteiger partial charge in [-0.15, -0.1) is 0 Å². The number of hydrogen-bond donors (Lipinski definition) is 0. The number of aromatic nitrogens is 1. The summed E-state index contributed by atoms with van der Waals surface area (Å²) in [7, 11) is 2.13. The van der Waals surface area contributed by atoms with Gasteiger partial charge in [0.2, 0.25) is 0 Å². The van der Waals surface area contributed by atoms with Crippen LogP contribution in [-0.4, -0.2) is 10.3 Å². The zero-order valence-corrected chi connectivity index (χ0v) is 13.2. The molecule has 2 heterocycles. The van der Waals surface area contributed by atoms with E-state index in [9.17, 15) is 0 Å². The first kappa shape index (κ1) is 12.7. The molecule has 0 fully saturated rings. The SMILES string of the molecule is Cc1c(C2=Nc3cccc4cccc2c34)c2ccccc2n1C. The Morgan fingerprint density at radius 3 is 2.52 bits per heavy atom. The molecule has 1 aliphatic heterocycles. The first-order chi connectivity index (χ1) is 11.3. The van der Waals surface area contributed by atoms with Crippen LogP contribution < -0.4 is 0 Å². The molecule has 0 atom stereocenters. The minimum absolute atomic E-state index is 1.08. The minimum Gasteiger partial charge on any atom is -0.347 e. The number of nitrogens with zero attached hydrogens (tertiary/aromatic N) is 2. The van der Waals surface area contributed by atoms with Gasteiger partial charge in [-0.25, -0.2) is 4.99 Å². The second kappa shape index (κ2) is 4.32. The van der Waals surface area contributed by atoms with E-state index in [0.717, 1.165) is 11.4 Å². The zero-order chi connectivity index (χ0) is 15.6. The highest BCUT2D eigenvalue weighted by molar-refractivity contribution is 6.30. The van der Waals surface area contributed by atoms with Gasteiger partial charge in [0.1, 0.15) is 0 Å². The lowest BCUT2D eigenvalue weighted by molar-refractivity contribution is 0.916. The van der Waals surface area contributed by atoms with Crippen LogP contribution in [0.2, 0.25) is 0 Å². The van der Waals surface area contributed by atoms with Crippen molar-refractivity contribution in [3.05, 3.63) is 77.5 Å². The number of para-hydroxylation sites is 1. The van der Waals surface area contributed by atoms with Crippen LogP contribution in [0.1, 0.15) is 16.8 Å². The number of aliphatic imine (C=N–C) groups is 1. The molecule has 0 radical (unpaired) electrons. The van der Waals surface area contributed by atoms with Crippen LogP contribution >= 0.6 is 0 Å². The quantitative estimate of drug-likeness (QED) is 0.408. The first-order valence-corrected chi connectivity index (χ1v) is 7.91. The van der Waals surface area contributed by atoms with Gasteiger partial charge in [-0.2, -0.15) is 0 Å². The van der Waals surface area contributed by atoms with E-state index in [-0.39, 0.29) is 0 Å². The van der Waals surface area contributed by atoms with E-state index in [1.807, 2.05) is 0 Å². The Kier molecular flexibility index (Phi) is 2.38. The van der Waals surface area contributed by atoms with Crippen LogP contribution in [0.5, 0.6) is 0 Å². The van der Waals surface area contributed by atoms with Crippen molar-refractivity contribution in [2.75, 3.05) is 0 Å². The van der Waals surface area contributed by atoms with E-state index < -0.39 is 0 Å². The van der Waals surface area contributed by atoms with Crippen molar-refractivity contribution in [2.24, 2.45) is 12.0 Å². The summed E-state index contributed by atoms with van der Waals surface area (Å²) in [5, 5.41) is 3.81. The van der Waals surface area contributed by atoms with E-state index in [2.05, 4.69) is 79.2 Å². The lowest BCUT2D eigenvalue weighted by atomic mass is 9.97. The van der Waals surface area contributed by atoms with E-state index in [0.29, 0.717) is 0 Å². The number of aryl methyl sites for hydroxylation is 1. The van der Waals surface area contributed by atoms with Crippen LogP contribution in [0.3, 0.4) is 0 Å². The Morgan fingerprint density at radius 1 is 0.870 bits per heavy atom. The summed E-state index contributed by atoms with van der Waals surface area (Å²) < 4.78 is 2.26. The molecule has 1 aliphatic rings. The van der Waals surface area contributed by atoms with Gasteiger partial charge in [-0.3, -0.25) is 0 Å². The van der Waals surface area contributed by atoms with Crippen LogP contribution in [0.15, 0.2) is 65.7 Å². The van der Waals surface area contributed by atoms with Crippen LogP contribution in [0.4, 0.5) is 5.69 Å². The Hall–Kier alpha value is -2.87. The molecule has 2 nitrogen and oxygen atoms in total. The minimum atomic E-state index is 1.08. The smallest absolute Gasteiger partial charge is 0.0813 e. The maximum absolute atomic E-state index is 4.99. The highest BCUT2D eigenvalue weighted by Crippen LogP contribution is 2.39. The van der Waals surface area contributed by atoms with Gasteiger partial charge >= 0.3 is 0 Å². The monoisotopic (exact) mass is 296 g/mol. The number of rotatable bonds is 1. The summed E-state index contributed by atoms with van der Waals surface area (Å²) in [6, 6.07) is 21.4. The Bertz CT molecular complexity index is 1120. The van der Waals surface area contributed by atoms with Gasteiger partial charge in [0.05, 0.1) is 11.4 Å². The molecule has 4 aromatic rings. The molecule has 0 bridgehead atoms. The summed E-state index contributed by atoms with van der Waals surface area (Å²) in [4.78, 5) is 4.99. The fourth-order valence-corrected chi connectivity index (χ4v) is 3.80. The number of benzene rings is 3. The zero-order valence-electron chi connectivity index (χ0n) is 13.2. The van der Waals surface area contributed by atoms with Crippen molar-refractivity contribution < 1.29 is 0 Å². The third-order valence-corrected chi connectivity index (χ3v) is 5.01. The second-order valence-corrected chi connectivity index (χ2v) is 6.18. The highest BCUT2D eigenvalue weighted by atomic mass is 15.0. The third-order valence-electron chi connectivity index (χ3n) is 5.01. The fourth-order valence-electron chi connectivity index (χ4n) is 3.80. The summed E-state index contributed by atoms with van der Waals surface area (Å²) >= 11 is 0. The van der Waals surface area contributed by atoms with E-state index in [1.165, 1.54) is 38.5 Å². The van der Waals surface area contributed by atoms with Crippen molar-refractivity contribution in [3.63, 3.8) is 0 Å². The van der Waals surface area contributed by atoms with Crippen molar-refractivity contribution in [1.29, 1.82) is 0 Å². The van der Waals surface area contributed by atoms with E-state index in [4.69, 9.17) is 4.99 Å². The van der Waals surface area contributed by atoms with Gasteiger partial charge in [0.15, 0.2) is 0 Å². The predicted octanol–water partition coefficient (Wildman–Crippen LogP) is 5.12. The standard InChI is InChI=1S/C21H16N2/c1-13-19(15-9-3-4-12-18(15)23(13)2)21-16-10-5-7-14-8-6-11-17(22-21)20(14)16/h3-12H,1-2H3. The molecule has 0 N–H and O–H groups in total. The summed E-state index contributed by atoms with van der Waals surface area (Å²) in [6.45, 7) is 2.18. The molecule has 0 unspecified atom stereocenters. The maximum Gasteiger partial charge on any atom is 0.0813 e. The summed E-state index contributed by atoms with van der Waals surface area (Å²) in [5.41, 5.74) is 7.21. The molecule has 3 aromatic carbocycles. The summed E-state index contributed by atoms with van der Waals surface area (Å²) in [5.74, 6) is 0. The molecule has 0 saturated carbocycles. The third kappa shape index (κ3) is 1.55. The molecule has 0 amide bonds. The van der Waals surface area contributed by atoms with Gasteiger partial charge < -0.3 is 4.57 Å². The maximum atomic E-state index is 4.99. The fraction of sp³-hybridized carbons (Fsp3) is 0.0952. The second-order valence-electron chi connectivity index (χ2n) is 6.18. The topological polar surface area (TPSA) is 17.3 Å². The van der Waals surface area contributed by atoms with Crippen LogP contribution in [-0.2, 0) is 7.05 Å². The van der Waals surface area contributed by atoms with Gasteiger partial charge in [-0.1, -0.05) is 48.5 Å². The first-order valence-electron chi connectivity index (χ1n) is 7.91. The molecule has 0 aliphatic carbocycles. The van der Waals surface area contributed by atoms with Gasteiger partial charge in [0.25, 0.3) is 0 Å². The largest absolute Gasteiger partial charge is 0.347 e. The van der Waals surface area contributed by atoms with Gasteiger partial charge in [-0.05, 0) is 24.4 Å². The van der Waals surface area contributed by atoms with Crippen molar-refractivity contribution in [3.8, 4) is 0 Å². The number of fused-ring (bicyclic) bond motifs is 1. The molecule has 110 valence electrons. The Morgan fingerprint density at radius 2 is 1.65 bits per heavy atom. The lowest BCUT2D eigenvalue weighted by Gasteiger charge is -2.05. The van der Waals surface area contributed by atoms with Crippen LogP contribution in [0.25, 0.3) is 21.7 Å². The summed E-state index contributed by atoms with van der Waals surface area (Å²) in [6.07, 6.45) is 0. The van der Waals surface area contributed by atoms with Crippen molar-refractivity contribution in [1.82, 2.24) is 4.57 Å². The normalized spacial score (nSPS) is 13.0. The molecule has 0 saturated heterocycles. The molecule has 0 spiro atoms. The molecular formula is C21H16N2. The molecule has 1 aromatic heterocycles. The van der Waals surface area contributed by atoms with Crippen LogP contribution in [0, 0.1) is 6.92 Å². The van der Waals surface area contributed by atoms with Crippen molar-refractivity contribution >= 4 is 33.1 Å². The van der Waals surface area contributed by atoms with Gasteiger partial charge in [0, 0.05) is 40.2 Å². The molecule has 5 rings (SSSR count). The number of hydrogen-bond acceptors (Lipinski definition) is 1. The Labute approximate surface area is 134 Å². The molecule has 2 heteroatoms. The lowest BCUT2D eigenvalue weighted by Crippen LogP contribution is -2.03. The highest BCUT2D eigenvalue weighted by Gasteiger charge is 2.24. The average molecular weight is 296 g/mol. The van der Waals surface area contributed by atoms with E-state index >= 15 is 0 Å². The molecular weight excluding hydrogens is 280 g/mol. The van der Waals surface area contributed by atoms with E-state index in [1.54, 1.807) is 0 Å². The predicted molar refractivity (Wildman–Crippen MR) is 96.9 cm³/mol. The molecule has 23 heavy (non-hydrogen) atoms. The average Bonchev–Trinajstić information content (AvgIpc) is 3.07. The van der Waals surface area contributed by atoms with Crippen molar-refractivity contribution in [2.45, 2.75) is 6.92 Å².